The van der Waals surface area contributed by atoms with Crippen LogP contribution in [0.5, 0.6) is 0 Å². The first kappa shape index (κ1) is 10.9. The number of nitrogens with zero attached hydrogens (tertiary/aromatic N) is 1. The fraction of sp³-hybridized carbons (Fsp3) is 0.909. The van der Waals surface area contributed by atoms with Gasteiger partial charge in [-0.05, 0) is 31.7 Å². The van der Waals surface area contributed by atoms with Crippen LogP contribution in [0, 0.1) is 5.92 Å². The first-order valence-corrected chi connectivity index (χ1v) is 6.00. The topological polar surface area (TPSA) is 58.4 Å². The zero-order chi connectivity index (χ0) is 10.7. The van der Waals surface area contributed by atoms with Crippen molar-refractivity contribution in [3.05, 3.63) is 0 Å². The molecule has 1 saturated carbocycles. The van der Waals surface area contributed by atoms with Gasteiger partial charge in [0.25, 0.3) is 0 Å². The molecule has 4 heteroatoms. The third-order valence-electron chi connectivity index (χ3n) is 3.67. The lowest BCUT2D eigenvalue weighted by atomic mass is 9.85. The molecular formula is C11H21N3O. The summed E-state index contributed by atoms with van der Waals surface area (Å²) in [5.74, 6) is 0.852. The number of piperazine rings is 1. The summed E-state index contributed by atoms with van der Waals surface area (Å²) in [4.78, 5) is 13.6. The smallest absolute Gasteiger partial charge is 0.234 e. The SMILES string of the molecule is NCC1CCCC(N2CCNC(=O)C2)C1. The van der Waals surface area contributed by atoms with Gasteiger partial charge in [0.15, 0.2) is 0 Å². The molecule has 1 aliphatic carbocycles. The maximum absolute atomic E-state index is 11.3. The zero-order valence-electron chi connectivity index (χ0n) is 9.24. The van der Waals surface area contributed by atoms with Crippen molar-refractivity contribution in [1.82, 2.24) is 10.2 Å². The molecule has 1 aliphatic heterocycles. The van der Waals surface area contributed by atoms with Crippen LogP contribution >= 0.6 is 0 Å². The summed E-state index contributed by atoms with van der Waals surface area (Å²) >= 11 is 0. The van der Waals surface area contributed by atoms with Crippen LogP contribution in [-0.4, -0.2) is 43.0 Å². The van der Waals surface area contributed by atoms with E-state index in [0.29, 0.717) is 18.5 Å². The van der Waals surface area contributed by atoms with Crippen LogP contribution in [0.25, 0.3) is 0 Å². The van der Waals surface area contributed by atoms with Gasteiger partial charge in [-0.25, -0.2) is 0 Å². The van der Waals surface area contributed by atoms with E-state index in [1.165, 1.54) is 25.7 Å². The molecule has 0 aromatic rings. The molecule has 2 atom stereocenters. The second kappa shape index (κ2) is 4.94. The predicted octanol–water partition coefficient (Wildman–Crippen LogP) is -0.0643. The second-order valence-corrected chi connectivity index (χ2v) is 4.74. The number of nitrogens with one attached hydrogen (secondary N) is 1. The van der Waals surface area contributed by atoms with Gasteiger partial charge in [0.1, 0.15) is 0 Å². The normalized spacial score (nSPS) is 33.8. The minimum Gasteiger partial charge on any atom is -0.354 e. The van der Waals surface area contributed by atoms with Gasteiger partial charge >= 0.3 is 0 Å². The summed E-state index contributed by atoms with van der Waals surface area (Å²) < 4.78 is 0. The lowest BCUT2D eigenvalue weighted by molar-refractivity contribution is -0.125. The van der Waals surface area contributed by atoms with Crippen molar-refractivity contribution < 1.29 is 4.79 Å². The average molecular weight is 211 g/mol. The first-order valence-electron chi connectivity index (χ1n) is 6.00. The van der Waals surface area contributed by atoms with Crippen LogP contribution in [0.15, 0.2) is 0 Å². The number of hydrogen-bond acceptors (Lipinski definition) is 3. The number of carbonyl (C=O) groups excluding carboxylic acids is 1. The predicted molar refractivity (Wildman–Crippen MR) is 59.4 cm³/mol. The van der Waals surface area contributed by atoms with Crippen molar-refractivity contribution in [3.63, 3.8) is 0 Å². The molecule has 2 fully saturated rings. The van der Waals surface area contributed by atoms with E-state index < -0.39 is 0 Å². The highest BCUT2D eigenvalue weighted by atomic mass is 16.2. The van der Waals surface area contributed by atoms with E-state index in [1.54, 1.807) is 0 Å². The number of carbonyl (C=O) groups is 1. The third-order valence-corrected chi connectivity index (χ3v) is 3.67. The van der Waals surface area contributed by atoms with E-state index >= 15 is 0 Å². The van der Waals surface area contributed by atoms with E-state index in [2.05, 4.69) is 10.2 Å². The molecule has 1 amide bonds. The van der Waals surface area contributed by atoms with Crippen molar-refractivity contribution in [3.8, 4) is 0 Å². The van der Waals surface area contributed by atoms with E-state index in [-0.39, 0.29) is 5.91 Å². The van der Waals surface area contributed by atoms with Gasteiger partial charge in [0, 0.05) is 19.1 Å². The third kappa shape index (κ3) is 2.69. The monoisotopic (exact) mass is 211 g/mol. The number of rotatable bonds is 2. The van der Waals surface area contributed by atoms with Crippen molar-refractivity contribution in [2.24, 2.45) is 11.7 Å². The molecule has 15 heavy (non-hydrogen) atoms. The van der Waals surface area contributed by atoms with Crippen molar-refractivity contribution >= 4 is 5.91 Å². The zero-order valence-corrected chi connectivity index (χ0v) is 9.24. The molecule has 2 rings (SSSR count). The molecule has 0 bridgehead atoms. The highest BCUT2D eigenvalue weighted by Gasteiger charge is 2.28. The van der Waals surface area contributed by atoms with E-state index in [1.807, 2.05) is 0 Å². The largest absolute Gasteiger partial charge is 0.354 e. The summed E-state index contributed by atoms with van der Waals surface area (Å²) in [5, 5.41) is 2.87. The lowest BCUT2D eigenvalue weighted by Gasteiger charge is -2.38. The lowest BCUT2D eigenvalue weighted by Crippen LogP contribution is -2.52. The molecular weight excluding hydrogens is 190 g/mol. The van der Waals surface area contributed by atoms with Gasteiger partial charge in [-0.2, -0.15) is 0 Å². The van der Waals surface area contributed by atoms with Crippen LogP contribution in [0.1, 0.15) is 25.7 Å². The highest BCUT2D eigenvalue weighted by Crippen LogP contribution is 2.27. The molecule has 2 unspecified atom stereocenters. The Bertz CT molecular complexity index is 232. The quantitative estimate of drug-likeness (QED) is 0.672. The maximum Gasteiger partial charge on any atom is 0.234 e. The maximum atomic E-state index is 11.3. The van der Waals surface area contributed by atoms with Crippen LogP contribution in [-0.2, 0) is 4.79 Å². The van der Waals surface area contributed by atoms with Gasteiger partial charge in [0.2, 0.25) is 5.91 Å². The Morgan fingerprint density at radius 2 is 2.33 bits per heavy atom. The number of hydrogen-bond donors (Lipinski definition) is 2. The van der Waals surface area contributed by atoms with Gasteiger partial charge in [0.05, 0.1) is 6.54 Å². The van der Waals surface area contributed by atoms with Crippen LogP contribution in [0.3, 0.4) is 0 Å². The first-order chi connectivity index (χ1) is 7.29. The summed E-state index contributed by atoms with van der Waals surface area (Å²) in [7, 11) is 0. The van der Waals surface area contributed by atoms with Gasteiger partial charge in [-0.1, -0.05) is 6.42 Å². The Kier molecular flexibility index (Phi) is 3.59. The van der Waals surface area contributed by atoms with Gasteiger partial charge < -0.3 is 11.1 Å². The Morgan fingerprint density at radius 3 is 3.07 bits per heavy atom. The molecule has 0 spiro atoms. The van der Waals surface area contributed by atoms with E-state index in [9.17, 15) is 4.79 Å². The van der Waals surface area contributed by atoms with Crippen LogP contribution in [0.4, 0.5) is 0 Å². The van der Waals surface area contributed by atoms with E-state index in [0.717, 1.165) is 19.6 Å². The van der Waals surface area contributed by atoms with Crippen molar-refractivity contribution in [1.29, 1.82) is 0 Å². The summed E-state index contributed by atoms with van der Waals surface area (Å²) in [5.41, 5.74) is 5.72. The molecule has 3 N–H and O–H groups in total. The van der Waals surface area contributed by atoms with Crippen molar-refractivity contribution in [2.45, 2.75) is 31.7 Å². The minimum absolute atomic E-state index is 0.177. The van der Waals surface area contributed by atoms with Crippen molar-refractivity contribution in [2.75, 3.05) is 26.2 Å². The fourth-order valence-electron chi connectivity index (χ4n) is 2.78. The molecule has 0 aromatic carbocycles. The summed E-state index contributed by atoms with van der Waals surface area (Å²) in [6.45, 7) is 3.20. The average Bonchev–Trinajstić information content (AvgIpc) is 2.29. The summed E-state index contributed by atoms with van der Waals surface area (Å²) in [6.07, 6.45) is 4.96. The molecule has 1 saturated heterocycles. The van der Waals surface area contributed by atoms with Crippen LogP contribution in [0.2, 0.25) is 0 Å². The molecule has 1 heterocycles. The molecule has 0 aromatic heterocycles. The highest BCUT2D eigenvalue weighted by molar-refractivity contribution is 5.78. The standard InChI is InChI=1S/C11H21N3O/c12-7-9-2-1-3-10(6-9)14-5-4-13-11(15)8-14/h9-10H,1-8,12H2,(H,13,15). The van der Waals surface area contributed by atoms with Gasteiger partial charge in [-0.3, -0.25) is 9.69 Å². The Balaban J connectivity index is 1.88. The molecule has 4 nitrogen and oxygen atoms in total. The minimum atomic E-state index is 0.177. The fourth-order valence-corrected chi connectivity index (χ4v) is 2.78. The Hall–Kier alpha value is -0.610. The molecule has 2 aliphatic rings. The van der Waals surface area contributed by atoms with E-state index in [4.69, 9.17) is 5.73 Å². The number of amides is 1. The Morgan fingerprint density at radius 1 is 1.47 bits per heavy atom. The van der Waals surface area contributed by atoms with Crippen LogP contribution < -0.4 is 11.1 Å². The summed E-state index contributed by atoms with van der Waals surface area (Å²) in [6, 6.07) is 0.596. The van der Waals surface area contributed by atoms with Gasteiger partial charge in [-0.15, -0.1) is 0 Å². The number of nitrogens with two attached hydrogens (primary N) is 1. The second-order valence-electron chi connectivity index (χ2n) is 4.74. The molecule has 0 radical (unpaired) electrons. The Labute approximate surface area is 91.2 Å². The molecule has 86 valence electrons.